The zero-order valence-electron chi connectivity index (χ0n) is 25.1. The van der Waals surface area contributed by atoms with Crippen LogP contribution in [0.4, 0.5) is 13.2 Å². The van der Waals surface area contributed by atoms with Gasteiger partial charge in [-0.3, -0.25) is 19.2 Å². The predicted octanol–water partition coefficient (Wildman–Crippen LogP) is 4.32. The lowest BCUT2D eigenvalue weighted by Gasteiger charge is -2.31. The van der Waals surface area contributed by atoms with E-state index >= 15 is 0 Å². The first-order valence-corrected chi connectivity index (χ1v) is 14.2. The van der Waals surface area contributed by atoms with Crippen molar-refractivity contribution in [2.75, 3.05) is 6.54 Å². The molecule has 1 aromatic heterocycles. The summed E-state index contributed by atoms with van der Waals surface area (Å²) in [7, 11) is 0. The first-order valence-electron chi connectivity index (χ1n) is 14.2. The summed E-state index contributed by atoms with van der Waals surface area (Å²) in [5.41, 5.74) is 2.80. The molecule has 0 bridgehead atoms. The Morgan fingerprint density at radius 1 is 0.929 bits per heavy atom. The Balaban J connectivity index is 1.77. The number of amides is 3. The summed E-state index contributed by atoms with van der Waals surface area (Å²) < 4.78 is 41.0. The molecule has 9 nitrogen and oxygen atoms in total. The second-order valence-electron chi connectivity index (χ2n) is 11.8. The molecule has 1 fully saturated rings. The van der Waals surface area contributed by atoms with Gasteiger partial charge in [-0.2, -0.15) is 18.3 Å². The lowest BCUT2D eigenvalue weighted by molar-refractivity contribution is -0.175. The van der Waals surface area contributed by atoms with E-state index in [4.69, 9.17) is 0 Å². The second kappa shape index (κ2) is 13.1. The van der Waals surface area contributed by atoms with Crippen LogP contribution in [0.5, 0.6) is 0 Å². The number of nitrogens with one attached hydrogen (secondary N) is 2. The monoisotopic (exact) mass is 591 g/mol. The summed E-state index contributed by atoms with van der Waals surface area (Å²) >= 11 is 0. The van der Waals surface area contributed by atoms with Crippen LogP contribution < -0.4 is 10.6 Å². The van der Waals surface area contributed by atoms with Crippen molar-refractivity contribution in [2.45, 2.75) is 91.5 Å². The minimum atomic E-state index is -5.11. The number of alkyl halides is 3. The minimum absolute atomic E-state index is 0.193. The summed E-state index contributed by atoms with van der Waals surface area (Å²) in [6.45, 7) is 12.4. The van der Waals surface area contributed by atoms with E-state index in [1.165, 1.54) is 30.5 Å². The molecule has 0 radical (unpaired) electrons. The average Bonchev–Trinajstić information content (AvgIpc) is 3.55. The van der Waals surface area contributed by atoms with Crippen LogP contribution in [0.1, 0.15) is 81.9 Å². The third kappa shape index (κ3) is 7.19. The zero-order chi connectivity index (χ0) is 31.5. The molecule has 1 aliphatic heterocycles. The Labute approximate surface area is 244 Å². The number of ketones is 1. The third-order valence-corrected chi connectivity index (χ3v) is 7.64. The topological polar surface area (TPSA) is 113 Å². The van der Waals surface area contributed by atoms with E-state index in [1.807, 2.05) is 24.3 Å². The van der Waals surface area contributed by atoms with Gasteiger partial charge in [-0.1, -0.05) is 53.7 Å². The van der Waals surface area contributed by atoms with Crippen molar-refractivity contribution < 1.29 is 32.3 Å². The fourth-order valence-electron chi connectivity index (χ4n) is 5.07. The van der Waals surface area contributed by atoms with Crippen LogP contribution in [0.15, 0.2) is 30.5 Å². The molecular formula is C30H40F3N5O4. The Morgan fingerprint density at radius 3 is 2.05 bits per heavy atom. The number of aromatic nitrogens is 2. The van der Waals surface area contributed by atoms with Gasteiger partial charge in [0, 0.05) is 6.54 Å². The van der Waals surface area contributed by atoms with Crippen molar-refractivity contribution in [3.8, 4) is 5.69 Å². The van der Waals surface area contributed by atoms with E-state index in [0.717, 1.165) is 5.69 Å². The summed E-state index contributed by atoms with van der Waals surface area (Å²) in [6.07, 6.45) is -3.00. The van der Waals surface area contributed by atoms with Gasteiger partial charge in [0.1, 0.15) is 12.1 Å². The number of rotatable bonds is 10. The van der Waals surface area contributed by atoms with Crippen molar-refractivity contribution in [3.05, 3.63) is 47.3 Å². The summed E-state index contributed by atoms with van der Waals surface area (Å²) in [6, 6.07) is 4.01. The molecule has 3 rings (SSSR count). The maximum absolute atomic E-state index is 13.6. The molecule has 1 saturated heterocycles. The fraction of sp³-hybridized carbons (Fsp3) is 0.567. The van der Waals surface area contributed by atoms with Crippen LogP contribution in [0.25, 0.3) is 5.69 Å². The Hall–Kier alpha value is -3.70. The minimum Gasteiger partial charge on any atom is -0.344 e. The number of benzene rings is 1. The van der Waals surface area contributed by atoms with Gasteiger partial charge in [0.15, 0.2) is 0 Å². The molecule has 0 unspecified atom stereocenters. The number of Topliss-reactive ketones (excluding diaryl/α,β-unsaturated/α-hetero) is 1. The predicted molar refractivity (Wildman–Crippen MR) is 151 cm³/mol. The number of halogens is 3. The largest absolute Gasteiger partial charge is 0.452 e. The highest BCUT2D eigenvalue weighted by Gasteiger charge is 2.46. The smallest absolute Gasteiger partial charge is 0.344 e. The molecule has 0 saturated carbocycles. The van der Waals surface area contributed by atoms with Crippen LogP contribution in [-0.2, 0) is 14.4 Å². The molecule has 42 heavy (non-hydrogen) atoms. The SMILES string of the molecule is Cc1c(C(=O)N[C@H](C(=O)N2CCC[C@H]2C(=O)N[C@H](C(=O)C(F)(F)F)C(C)C)C(C)C)cnn1-c1ccc(C(C)C)cc1. The number of carbonyl (C=O) groups is 4. The Kier molecular flexibility index (Phi) is 10.2. The molecule has 1 aromatic carbocycles. The lowest BCUT2D eigenvalue weighted by Crippen LogP contribution is -2.58. The van der Waals surface area contributed by atoms with Crippen LogP contribution in [-0.4, -0.2) is 69.0 Å². The number of carbonyl (C=O) groups excluding carboxylic acids is 4. The Bertz CT molecular complexity index is 1300. The van der Waals surface area contributed by atoms with E-state index in [-0.39, 0.29) is 24.4 Å². The van der Waals surface area contributed by atoms with Gasteiger partial charge < -0.3 is 15.5 Å². The van der Waals surface area contributed by atoms with Crippen molar-refractivity contribution in [1.29, 1.82) is 0 Å². The van der Waals surface area contributed by atoms with Gasteiger partial charge in [0.2, 0.25) is 11.8 Å². The average molecular weight is 592 g/mol. The van der Waals surface area contributed by atoms with Gasteiger partial charge in [-0.05, 0) is 55.2 Å². The first kappa shape index (κ1) is 32.8. The lowest BCUT2D eigenvalue weighted by atomic mass is 9.98. The van der Waals surface area contributed by atoms with Crippen LogP contribution in [0, 0.1) is 18.8 Å². The molecule has 12 heteroatoms. The maximum atomic E-state index is 13.6. The molecule has 0 spiro atoms. The van der Waals surface area contributed by atoms with Crippen molar-refractivity contribution in [2.24, 2.45) is 11.8 Å². The number of hydrogen-bond donors (Lipinski definition) is 2. The second-order valence-corrected chi connectivity index (χ2v) is 11.8. The molecule has 2 N–H and O–H groups in total. The number of nitrogens with zero attached hydrogens (tertiary/aromatic N) is 3. The highest BCUT2D eigenvalue weighted by atomic mass is 19.4. The highest BCUT2D eigenvalue weighted by Crippen LogP contribution is 2.25. The van der Waals surface area contributed by atoms with Gasteiger partial charge in [0.25, 0.3) is 11.7 Å². The van der Waals surface area contributed by atoms with Gasteiger partial charge in [-0.25, -0.2) is 4.68 Å². The number of likely N-dealkylation sites (tertiary alicyclic amines) is 1. The first-order chi connectivity index (χ1) is 19.5. The van der Waals surface area contributed by atoms with Gasteiger partial charge in [0.05, 0.1) is 29.2 Å². The third-order valence-electron chi connectivity index (χ3n) is 7.64. The fourth-order valence-corrected chi connectivity index (χ4v) is 5.07. The van der Waals surface area contributed by atoms with E-state index in [2.05, 4.69) is 29.6 Å². The van der Waals surface area contributed by atoms with Crippen molar-refractivity contribution in [3.63, 3.8) is 0 Å². The van der Waals surface area contributed by atoms with Gasteiger partial charge >= 0.3 is 6.18 Å². The van der Waals surface area contributed by atoms with Crippen molar-refractivity contribution in [1.82, 2.24) is 25.3 Å². The van der Waals surface area contributed by atoms with Gasteiger partial charge in [-0.15, -0.1) is 0 Å². The van der Waals surface area contributed by atoms with E-state index < -0.39 is 53.7 Å². The molecule has 2 aromatic rings. The zero-order valence-corrected chi connectivity index (χ0v) is 25.1. The molecule has 1 aliphatic rings. The molecule has 2 heterocycles. The summed E-state index contributed by atoms with van der Waals surface area (Å²) in [5.74, 6) is -4.71. The maximum Gasteiger partial charge on any atom is 0.452 e. The quantitative estimate of drug-likeness (QED) is 0.427. The molecule has 3 atom stereocenters. The Morgan fingerprint density at radius 2 is 1.52 bits per heavy atom. The molecule has 230 valence electrons. The van der Waals surface area contributed by atoms with Crippen LogP contribution in [0.2, 0.25) is 0 Å². The van der Waals surface area contributed by atoms with Crippen molar-refractivity contribution >= 4 is 23.5 Å². The standard InChI is InChI=1S/C30H40F3N5O4/c1-16(2)20-10-12-21(13-11-20)38-19(7)22(15-34-38)27(40)36-25(18(5)6)29(42)37-14-8-9-23(37)28(41)35-24(17(3)4)26(39)30(31,32)33/h10-13,15-18,23-25H,8-9,14H2,1-7H3,(H,35,41)(H,36,40)/t23-,24-,25-/m0/s1. The molecule has 0 aliphatic carbocycles. The normalized spacial score (nSPS) is 17.1. The molecule has 3 amide bonds. The highest BCUT2D eigenvalue weighted by molar-refractivity contribution is 6.00. The summed E-state index contributed by atoms with van der Waals surface area (Å²) in [4.78, 5) is 53.2. The van der Waals surface area contributed by atoms with Crippen LogP contribution >= 0.6 is 0 Å². The molecular weight excluding hydrogens is 551 g/mol. The summed E-state index contributed by atoms with van der Waals surface area (Å²) in [5, 5.41) is 9.36. The van der Waals surface area contributed by atoms with Crippen LogP contribution in [0.3, 0.4) is 0 Å². The van der Waals surface area contributed by atoms with E-state index in [9.17, 15) is 32.3 Å². The number of hydrogen-bond acceptors (Lipinski definition) is 5. The van der Waals surface area contributed by atoms with E-state index in [1.54, 1.807) is 25.5 Å². The van der Waals surface area contributed by atoms with E-state index in [0.29, 0.717) is 18.0 Å².